The molecule has 2 aliphatic rings. The van der Waals surface area contributed by atoms with Crippen LogP contribution in [0.2, 0.25) is 0 Å². The lowest BCUT2D eigenvalue weighted by molar-refractivity contribution is 0.182. The van der Waals surface area contributed by atoms with E-state index >= 15 is 0 Å². The number of rotatable bonds is 3. The van der Waals surface area contributed by atoms with Crippen LogP contribution in [0.15, 0.2) is 30.3 Å². The largest absolute Gasteiger partial charge is 0.504 e. The van der Waals surface area contributed by atoms with Crippen LogP contribution in [0.4, 0.5) is 0 Å². The maximum atomic E-state index is 10.8. The third-order valence-corrected chi connectivity index (χ3v) is 5.26. The number of hydrogen-bond acceptors (Lipinski definition) is 3. The van der Waals surface area contributed by atoms with E-state index in [2.05, 4.69) is 36.1 Å². The Labute approximate surface area is 137 Å². The highest BCUT2D eigenvalue weighted by Gasteiger charge is 2.36. The molecule has 3 heteroatoms. The maximum Gasteiger partial charge on any atom is 0.166 e. The normalized spacial score (nSPS) is 19.1. The van der Waals surface area contributed by atoms with Gasteiger partial charge in [0.05, 0.1) is 7.11 Å². The number of nitrogens with zero attached hydrogens (tertiary/aromatic N) is 1. The number of methoxy groups -OCH3 is 1. The molecule has 2 aromatic carbocycles. The summed E-state index contributed by atoms with van der Waals surface area (Å²) >= 11 is 0. The van der Waals surface area contributed by atoms with Crippen LogP contribution in [0.1, 0.15) is 36.1 Å². The van der Waals surface area contributed by atoms with Gasteiger partial charge in [0, 0.05) is 18.2 Å². The smallest absolute Gasteiger partial charge is 0.166 e. The van der Waals surface area contributed by atoms with Gasteiger partial charge in [-0.1, -0.05) is 31.2 Å². The van der Waals surface area contributed by atoms with Crippen LogP contribution < -0.4 is 4.74 Å². The van der Waals surface area contributed by atoms with Gasteiger partial charge in [0.15, 0.2) is 11.5 Å². The summed E-state index contributed by atoms with van der Waals surface area (Å²) in [7, 11) is 1.63. The SMILES string of the molecule is CCCN1CCc2cc(OC)c(O)c3c2C1Cc1ccccc1-3. The van der Waals surface area contributed by atoms with E-state index in [1.165, 1.54) is 16.7 Å². The molecule has 0 bridgehead atoms. The van der Waals surface area contributed by atoms with Crippen LogP contribution in [0.3, 0.4) is 0 Å². The van der Waals surface area contributed by atoms with Crippen molar-refractivity contribution in [1.82, 2.24) is 4.90 Å². The van der Waals surface area contributed by atoms with E-state index < -0.39 is 0 Å². The van der Waals surface area contributed by atoms with Gasteiger partial charge in [0.1, 0.15) is 0 Å². The van der Waals surface area contributed by atoms with Crippen LogP contribution in [-0.2, 0) is 12.8 Å². The lowest BCUT2D eigenvalue weighted by Crippen LogP contribution is -2.38. The highest BCUT2D eigenvalue weighted by Crippen LogP contribution is 2.51. The molecule has 1 heterocycles. The Hall–Kier alpha value is -2.00. The molecule has 1 unspecified atom stereocenters. The van der Waals surface area contributed by atoms with Crippen molar-refractivity contribution in [2.24, 2.45) is 0 Å². The molecule has 1 aliphatic heterocycles. The highest BCUT2D eigenvalue weighted by atomic mass is 16.5. The topological polar surface area (TPSA) is 32.7 Å². The second-order valence-corrected chi connectivity index (χ2v) is 6.54. The maximum absolute atomic E-state index is 10.8. The first-order valence-electron chi connectivity index (χ1n) is 8.49. The summed E-state index contributed by atoms with van der Waals surface area (Å²) in [5.41, 5.74) is 6.13. The molecule has 120 valence electrons. The number of benzene rings is 2. The van der Waals surface area contributed by atoms with Gasteiger partial charge < -0.3 is 9.84 Å². The van der Waals surface area contributed by atoms with Crippen molar-refractivity contribution in [3.05, 3.63) is 47.0 Å². The Balaban J connectivity index is 1.98. The fourth-order valence-electron chi connectivity index (χ4n) is 4.27. The quantitative estimate of drug-likeness (QED) is 0.932. The number of fused-ring (bicyclic) bond motifs is 2. The van der Waals surface area contributed by atoms with Gasteiger partial charge in [-0.05, 0) is 54.1 Å². The molecule has 2 aromatic rings. The Kier molecular flexibility index (Phi) is 3.53. The monoisotopic (exact) mass is 309 g/mol. The summed E-state index contributed by atoms with van der Waals surface area (Å²) in [6.45, 7) is 4.43. The minimum absolute atomic E-state index is 0.293. The molecule has 0 radical (unpaired) electrons. The second kappa shape index (κ2) is 5.57. The van der Waals surface area contributed by atoms with Gasteiger partial charge in [-0.3, -0.25) is 4.90 Å². The van der Waals surface area contributed by atoms with Crippen molar-refractivity contribution in [3.63, 3.8) is 0 Å². The molecule has 0 spiro atoms. The molecule has 0 aromatic heterocycles. The van der Waals surface area contributed by atoms with E-state index in [4.69, 9.17) is 4.74 Å². The molecular formula is C20H23NO2. The van der Waals surface area contributed by atoms with E-state index in [0.29, 0.717) is 17.5 Å². The number of phenolic OH excluding ortho intramolecular Hbond substituents is 1. The number of ether oxygens (including phenoxy) is 1. The average molecular weight is 309 g/mol. The van der Waals surface area contributed by atoms with Crippen LogP contribution in [0.25, 0.3) is 11.1 Å². The van der Waals surface area contributed by atoms with Crippen molar-refractivity contribution >= 4 is 0 Å². The van der Waals surface area contributed by atoms with Crippen LogP contribution >= 0.6 is 0 Å². The van der Waals surface area contributed by atoms with Crippen molar-refractivity contribution < 1.29 is 9.84 Å². The summed E-state index contributed by atoms with van der Waals surface area (Å²) in [5.74, 6) is 0.889. The zero-order valence-corrected chi connectivity index (χ0v) is 13.8. The molecule has 3 nitrogen and oxygen atoms in total. The Bertz CT molecular complexity index is 754. The molecule has 0 amide bonds. The molecule has 4 rings (SSSR count). The van der Waals surface area contributed by atoms with E-state index in [0.717, 1.165) is 43.5 Å². The summed E-state index contributed by atoms with van der Waals surface area (Å²) in [4.78, 5) is 2.58. The number of hydrogen-bond donors (Lipinski definition) is 1. The van der Waals surface area contributed by atoms with E-state index in [-0.39, 0.29) is 0 Å². The van der Waals surface area contributed by atoms with Gasteiger partial charge in [-0.25, -0.2) is 0 Å². The first-order chi connectivity index (χ1) is 11.2. The van der Waals surface area contributed by atoms with Crippen LogP contribution in [-0.4, -0.2) is 30.2 Å². The molecule has 1 atom stereocenters. The van der Waals surface area contributed by atoms with E-state index in [9.17, 15) is 5.11 Å². The van der Waals surface area contributed by atoms with Crippen LogP contribution in [0.5, 0.6) is 11.5 Å². The van der Waals surface area contributed by atoms with Crippen molar-refractivity contribution in [2.75, 3.05) is 20.2 Å². The van der Waals surface area contributed by atoms with Gasteiger partial charge in [-0.15, -0.1) is 0 Å². The third-order valence-electron chi connectivity index (χ3n) is 5.26. The molecule has 23 heavy (non-hydrogen) atoms. The first kappa shape index (κ1) is 14.6. The number of aromatic hydroxyl groups is 1. The fourth-order valence-corrected chi connectivity index (χ4v) is 4.27. The average Bonchev–Trinajstić information content (AvgIpc) is 2.58. The summed E-state index contributed by atoms with van der Waals surface area (Å²) in [6, 6.07) is 10.9. The first-order valence-corrected chi connectivity index (χ1v) is 8.49. The summed E-state index contributed by atoms with van der Waals surface area (Å²) < 4.78 is 5.44. The minimum atomic E-state index is 0.293. The lowest BCUT2D eigenvalue weighted by atomic mass is 9.76. The standard InChI is InChI=1S/C20H23NO2/c1-3-9-21-10-8-14-12-17(23-2)20(22)19-15-7-5-4-6-13(15)11-16(21)18(14)19/h4-7,12,16,22H,3,8-11H2,1-2H3. The molecule has 0 saturated heterocycles. The minimum Gasteiger partial charge on any atom is -0.504 e. The van der Waals surface area contributed by atoms with Crippen molar-refractivity contribution in [1.29, 1.82) is 0 Å². The zero-order chi connectivity index (χ0) is 16.0. The molecule has 1 N–H and O–H groups in total. The Morgan fingerprint density at radius 3 is 2.87 bits per heavy atom. The molecular weight excluding hydrogens is 286 g/mol. The zero-order valence-electron chi connectivity index (χ0n) is 13.8. The molecule has 0 saturated carbocycles. The predicted octanol–water partition coefficient (Wildman–Crippen LogP) is 3.93. The van der Waals surface area contributed by atoms with E-state index in [1.807, 2.05) is 6.07 Å². The summed E-state index contributed by atoms with van der Waals surface area (Å²) in [6.07, 6.45) is 3.21. The number of phenols is 1. The molecule has 0 fully saturated rings. The Morgan fingerprint density at radius 1 is 1.26 bits per heavy atom. The van der Waals surface area contributed by atoms with Gasteiger partial charge in [0.25, 0.3) is 0 Å². The lowest BCUT2D eigenvalue weighted by Gasteiger charge is -2.42. The van der Waals surface area contributed by atoms with Gasteiger partial charge in [-0.2, -0.15) is 0 Å². The Morgan fingerprint density at radius 2 is 2.09 bits per heavy atom. The molecule has 1 aliphatic carbocycles. The van der Waals surface area contributed by atoms with Crippen LogP contribution in [0, 0.1) is 0 Å². The van der Waals surface area contributed by atoms with Gasteiger partial charge in [0.2, 0.25) is 0 Å². The highest BCUT2D eigenvalue weighted by molar-refractivity contribution is 5.83. The third kappa shape index (κ3) is 2.14. The van der Waals surface area contributed by atoms with Gasteiger partial charge >= 0.3 is 0 Å². The second-order valence-electron chi connectivity index (χ2n) is 6.54. The predicted molar refractivity (Wildman–Crippen MR) is 92.1 cm³/mol. The summed E-state index contributed by atoms with van der Waals surface area (Å²) in [5, 5.41) is 10.8. The van der Waals surface area contributed by atoms with Crippen molar-refractivity contribution in [3.8, 4) is 22.6 Å². The van der Waals surface area contributed by atoms with E-state index in [1.54, 1.807) is 7.11 Å². The fraction of sp³-hybridized carbons (Fsp3) is 0.400. The van der Waals surface area contributed by atoms with Crippen molar-refractivity contribution in [2.45, 2.75) is 32.2 Å².